The number of pyridine rings is 1. The van der Waals surface area contributed by atoms with Crippen LogP contribution in [0, 0.1) is 0 Å². The van der Waals surface area contributed by atoms with Gasteiger partial charge in [-0.15, -0.1) is 11.3 Å². The van der Waals surface area contributed by atoms with Crippen molar-refractivity contribution < 1.29 is 4.74 Å². The van der Waals surface area contributed by atoms with Gasteiger partial charge >= 0.3 is 0 Å². The van der Waals surface area contributed by atoms with Gasteiger partial charge in [-0.2, -0.15) is 4.98 Å². The lowest BCUT2D eigenvalue weighted by molar-refractivity contribution is 0.122. The van der Waals surface area contributed by atoms with Gasteiger partial charge in [-0.3, -0.25) is 0 Å². The Balaban J connectivity index is 1.61. The van der Waals surface area contributed by atoms with Crippen LogP contribution in [0.3, 0.4) is 0 Å². The summed E-state index contributed by atoms with van der Waals surface area (Å²) < 4.78 is 6.52. The number of nitrogens with zero attached hydrogens (tertiary/aromatic N) is 6. The van der Waals surface area contributed by atoms with Crippen molar-refractivity contribution in [2.75, 3.05) is 70.3 Å². The number of halogens is 1. The molecule has 0 N–H and O–H groups in total. The number of aromatic nitrogens is 3. The van der Waals surface area contributed by atoms with Crippen LogP contribution in [-0.4, -0.2) is 80.4 Å². The highest BCUT2D eigenvalue weighted by atomic mass is 35.5. The SMILES string of the molecule is CN(C)CCN(C)c1ccc(-c2cc3nc(Cl)nc(N4CCOCC4)c3s2)cn1. The first kappa shape index (κ1) is 20.3. The predicted molar refractivity (Wildman–Crippen MR) is 121 cm³/mol. The molecule has 29 heavy (non-hydrogen) atoms. The van der Waals surface area contributed by atoms with Crippen LogP contribution in [0.5, 0.6) is 0 Å². The molecule has 1 fully saturated rings. The smallest absolute Gasteiger partial charge is 0.224 e. The van der Waals surface area contributed by atoms with E-state index in [4.69, 9.17) is 16.3 Å². The zero-order chi connectivity index (χ0) is 20.4. The summed E-state index contributed by atoms with van der Waals surface area (Å²) >= 11 is 7.89. The van der Waals surface area contributed by atoms with E-state index in [0.29, 0.717) is 13.2 Å². The van der Waals surface area contributed by atoms with Gasteiger partial charge in [0.1, 0.15) is 5.82 Å². The Kier molecular flexibility index (Phi) is 6.15. The zero-order valence-electron chi connectivity index (χ0n) is 16.9. The number of likely N-dealkylation sites (N-methyl/N-ethyl adjacent to an activating group) is 2. The van der Waals surface area contributed by atoms with Crippen molar-refractivity contribution in [2.45, 2.75) is 0 Å². The number of fused-ring (bicyclic) bond motifs is 1. The second-order valence-corrected chi connectivity index (χ2v) is 8.76. The molecule has 154 valence electrons. The van der Waals surface area contributed by atoms with Crippen LogP contribution in [0.1, 0.15) is 0 Å². The molecule has 4 heterocycles. The van der Waals surface area contributed by atoms with E-state index in [1.807, 2.05) is 6.20 Å². The van der Waals surface area contributed by atoms with Crippen molar-refractivity contribution in [1.29, 1.82) is 0 Å². The van der Waals surface area contributed by atoms with E-state index in [1.165, 1.54) is 0 Å². The Hall–Kier alpha value is -2.00. The molecule has 0 unspecified atom stereocenters. The van der Waals surface area contributed by atoms with E-state index in [1.54, 1.807) is 11.3 Å². The Morgan fingerprint density at radius 2 is 1.93 bits per heavy atom. The molecule has 0 bridgehead atoms. The summed E-state index contributed by atoms with van der Waals surface area (Å²) in [5, 5.41) is 0.277. The highest BCUT2D eigenvalue weighted by molar-refractivity contribution is 7.22. The minimum absolute atomic E-state index is 0.277. The third-order valence-corrected chi connectivity index (χ3v) is 6.28. The quantitative estimate of drug-likeness (QED) is 0.554. The Morgan fingerprint density at radius 3 is 2.62 bits per heavy atom. The minimum Gasteiger partial charge on any atom is -0.378 e. The molecular formula is C20H25ClN6OS. The summed E-state index contributed by atoms with van der Waals surface area (Å²) in [6.07, 6.45) is 1.93. The number of ether oxygens (including phenoxy) is 1. The molecule has 0 aliphatic carbocycles. The summed E-state index contributed by atoms with van der Waals surface area (Å²) in [4.78, 5) is 21.3. The molecule has 0 atom stereocenters. The Morgan fingerprint density at radius 1 is 1.14 bits per heavy atom. The first-order valence-electron chi connectivity index (χ1n) is 9.63. The van der Waals surface area contributed by atoms with Gasteiger partial charge in [-0.1, -0.05) is 0 Å². The molecule has 3 aromatic rings. The normalized spacial score (nSPS) is 14.7. The van der Waals surface area contributed by atoms with Gasteiger partial charge in [0.05, 0.1) is 23.4 Å². The number of hydrogen-bond donors (Lipinski definition) is 0. The zero-order valence-corrected chi connectivity index (χ0v) is 18.5. The van der Waals surface area contributed by atoms with E-state index in [9.17, 15) is 0 Å². The van der Waals surface area contributed by atoms with Crippen molar-refractivity contribution >= 4 is 44.8 Å². The Bertz CT molecular complexity index is 971. The van der Waals surface area contributed by atoms with Crippen LogP contribution in [-0.2, 0) is 4.74 Å². The largest absolute Gasteiger partial charge is 0.378 e. The van der Waals surface area contributed by atoms with Crippen molar-refractivity contribution in [1.82, 2.24) is 19.9 Å². The number of thiophene rings is 1. The molecule has 0 radical (unpaired) electrons. The van der Waals surface area contributed by atoms with E-state index >= 15 is 0 Å². The third kappa shape index (κ3) is 4.61. The lowest BCUT2D eigenvalue weighted by Gasteiger charge is -2.28. The summed E-state index contributed by atoms with van der Waals surface area (Å²) in [5.74, 6) is 1.86. The summed E-state index contributed by atoms with van der Waals surface area (Å²) in [5.41, 5.74) is 1.94. The van der Waals surface area contributed by atoms with Crippen molar-refractivity contribution in [3.8, 4) is 10.4 Å². The first-order valence-corrected chi connectivity index (χ1v) is 10.8. The fraction of sp³-hybridized carbons (Fsp3) is 0.450. The van der Waals surface area contributed by atoms with E-state index in [-0.39, 0.29) is 5.28 Å². The molecule has 7 nitrogen and oxygen atoms in total. The van der Waals surface area contributed by atoms with E-state index < -0.39 is 0 Å². The molecule has 1 saturated heterocycles. The highest BCUT2D eigenvalue weighted by Gasteiger charge is 2.19. The number of morpholine rings is 1. The summed E-state index contributed by atoms with van der Waals surface area (Å²) in [6, 6.07) is 6.25. The molecule has 0 saturated carbocycles. The molecule has 4 rings (SSSR count). The predicted octanol–water partition coefficient (Wildman–Crippen LogP) is 3.24. The number of anilines is 2. The van der Waals surface area contributed by atoms with Crippen LogP contribution >= 0.6 is 22.9 Å². The summed E-state index contributed by atoms with van der Waals surface area (Å²) in [7, 11) is 6.22. The topological polar surface area (TPSA) is 57.6 Å². The van der Waals surface area contributed by atoms with Crippen LogP contribution in [0.2, 0.25) is 5.28 Å². The van der Waals surface area contributed by atoms with Crippen LogP contribution in [0.25, 0.3) is 20.7 Å². The van der Waals surface area contributed by atoms with Gasteiger partial charge in [0, 0.05) is 49.9 Å². The Labute approximate surface area is 179 Å². The maximum atomic E-state index is 6.21. The standard InChI is InChI=1S/C20H25ClN6OS/c1-25(2)6-7-26(3)17-5-4-14(13-22-17)16-12-15-18(29-16)19(24-20(21)23-15)27-8-10-28-11-9-27/h4-5,12-13H,6-11H2,1-3H3. The van der Waals surface area contributed by atoms with Gasteiger partial charge in [0.2, 0.25) is 5.28 Å². The van der Waals surface area contributed by atoms with E-state index in [0.717, 1.165) is 58.5 Å². The molecule has 0 spiro atoms. The second kappa shape index (κ2) is 8.79. The number of rotatable bonds is 6. The highest BCUT2D eigenvalue weighted by Crippen LogP contribution is 2.38. The lowest BCUT2D eigenvalue weighted by atomic mass is 10.2. The van der Waals surface area contributed by atoms with Crippen LogP contribution in [0.4, 0.5) is 11.6 Å². The molecule has 1 aliphatic rings. The molecule has 0 amide bonds. The molecular weight excluding hydrogens is 408 g/mol. The maximum Gasteiger partial charge on any atom is 0.224 e. The average molecular weight is 433 g/mol. The van der Waals surface area contributed by atoms with Crippen LogP contribution < -0.4 is 9.80 Å². The van der Waals surface area contributed by atoms with E-state index in [2.05, 4.69) is 69.0 Å². The van der Waals surface area contributed by atoms with Crippen molar-refractivity contribution in [3.63, 3.8) is 0 Å². The van der Waals surface area contributed by atoms with Gasteiger partial charge < -0.3 is 19.4 Å². The molecule has 1 aliphatic heterocycles. The van der Waals surface area contributed by atoms with Crippen molar-refractivity contribution in [2.24, 2.45) is 0 Å². The third-order valence-electron chi connectivity index (χ3n) is 4.94. The minimum atomic E-state index is 0.277. The first-order chi connectivity index (χ1) is 14.0. The fourth-order valence-corrected chi connectivity index (χ4v) is 4.52. The van der Waals surface area contributed by atoms with Gasteiger partial charge in [-0.25, -0.2) is 9.97 Å². The number of hydrogen-bond acceptors (Lipinski definition) is 8. The fourth-order valence-electron chi connectivity index (χ4n) is 3.24. The molecule has 0 aromatic carbocycles. The maximum absolute atomic E-state index is 6.21. The second-order valence-electron chi connectivity index (χ2n) is 7.37. The van der Waals surface area contributed by atoms with Gasteiger partial charge in [0.25, 0.3) is 0 Å². The van der Waals surface area contributed by atoms with Gasteiger partial charge in [0.15, 0.2) is 5.82 Å². The van der Waals surface area contributed by atoms with Crippen molar-refractivity contribution in [3.05, 3.63) is 29.7 Å². The lowest BCUT2D eigenvalue weighted by Crippen LogP contribution is -2.36. The van der Waals surface area contributed by atoms with Gasteiger partial charge in [-0.05, 0) is 43.9 Å². The molecule has 9 heteroatoms. The summed E-state index contributed by atoms with van der Waals surface area (Å²) in [6.45, 7) is 4.94. The van der Waals surface area contributed by atoms with Crippen LogP contribution in [0.15, 0.2) is 24.4 Å². The molecule has 3 aromatic heterocycles. The average Bonchev–Trinajstić information content (AvgIpc) is 3.16. The monoisotopic (exact) mass is 432 g/mol.